The Morgan fingerprint density at radius 2 is 1.81 bits per heavy atom. The van der Waals surface area contributed by atoms with Gasteiger partial charge in [-0.05, 0) is 19.1 Å². The van der Waals surface area contributed by atoms with Crippen LogP contribution in [0.25, 0.3) is 0 Å². The second-order valence-corrected chi connectivity index (χ2v) is 6.53. The van der Waals surface area contributed by atoms with Gasteiger partial charge < -0.3 is 5.11 Å². The fourth-order valence-corrected chi connectivity index (χ4v) is 3.79. The molecule has 0 bridgehead atoms. The van der Waals surface area contributed by atoms with Crippen molar-refractivity contribution in [2.24, 2.45) is 0 Å². The van der Waals surface area contributed by atoms with Crippen LogP contribution in [0.5, 0.6) is 0 Å². The Balaban J connectivity index is 2.29. The Bertz CT molecular complexity index is 681. The Labute approximate surface area is 127 Å². The van der Waals surface area contributed by atoms with Crippen LogP contribution in [-0.2, 0) is 0 Å². The van der Waals surface area contributed by atoms with Crippen LogP contribution in [0.2, 0.25) is 0 Å². The highest BCUT2D eigenvalue weighted by molar-refractivity contribution is 8.01. The van der Waals surface area contributed by atoms with Crippen molar-refractivity contribution in [3.8, 4) is 0 Å². The summed E-state index contributed by atoms with van der Waals surface area (Å²) in [5.41, 5.74) is -0.107. The molecule has 9 heteroatoms. The van der Waals surface area contributed by atoms with Crippen LogP contribution >= 0.6 is 23.1 Å². The van der Waals surface area contributed by atoms with E-state index >= 15 is 0 Å². The molecule has 7 nitrogen and oxygen atoms in total. The van der Waals surface area contributed by atoms with Gasteiger partial charge in [-0.25, -0.2) is 0 Å². The number of nitrogens with zero attached hydrogens (tertiary/aromatic N) is 2. The van der Waals surface area contributed by atoms with Crippen molar-refractivity contribution in [2.45, 2.75) is 22.1 Å². The van der Waals surface area contributed by atoms with Gasteiger partial charge >= 0.3 is 0 Å². The van der Waals surface area contributed by atoms with Crippen LogP contribution in [0.4, 0.5) is 11.4 Å². The second kappa shape index (κ2) is 6.20. The van der Waals surface area contributed by atoms with Gasteiger partial charge in [-0.15, -0.1) is 11.3 Å². The molecule has 2 aromatic rings. The molecule has 0 aliphatic heterocycles. The number of hydrogen-bond donors (Lipinski definition) is 1. The van der Waals surface area contributed by atoms with Crippen LogP contribution in [0.15, 0.2) is 39.4 Å². The van der Waals surface area contributed by atoms with E-state index in [4.69, 9.17) is 0 Å². The number of rotatable bonds is 5. The average Bonchev–Trinajstić information content (AvgIpc) is 2.83. The summed E-state index contributed by atoms with van der Waals surface area (Å²) in [6.45, 7) is 1.54. The lowest BCUT2D eigenvalue weighted by Crippen LogP contribution is -1.88. The molecule has 0 saturated carbocycles. The van der Waals surface area contributed by atoms with E-state index in [1.54, 1.807) is 0 Å². The lowest BCUT2D eigenvalue weighted by atomic mass is 10.3. The fourth-order valence-electron chi connectivity index (χ4n) is 1.53. The molecule has 0 spiro atoms. The van der Waals surface area contributed by atoms with E-state index in [1.165, 1.54) is 37.3 Å². The molecule has 1 N–H and O–H groups in total. The first-order valence-electron chi connectivity index (χ1n) is 5.77. The zero-order valence-electron chi connectivity index (χ0n) is 10.8. The number of nitro benzene ring substituents is 1. The molecule has 0 saturated heterocycles. The van der Waals surface area contributed by atoms with Crippen molar-refractivity contribution in [2.75, 3.05) is 0 Å². The lowest BCUT2D eigenvalue weighted by Gasteiger charge is -1.99. The average molecular weight is 326 g/mol. The first-order valence-corrected chi connectivity index (χ1v) is 7.40. The summed E-state index contributed by atoms with van der Waals surface area (Å²) in [5, 5.41) is 31.1. The maximum absolute atomic E-state index is 11.0. The van der Waals surface area contributed by atoms with Crippen molar-refractivity contribution in [1.29, 1.82) is 0 Å². The van der Waals surface area contributed by atoms with E-state index in [1.807, 2.05) is 0 Å². The molecular formula is C12H10N2O5S2. The second-order valence-electron chi connectivity index (χ2n) is 4.11. The molecule has 1 atom stereocenters. The Kier molecular flexibility index (Phi) is 4.56. The minimum absolute atomic E-state index is 0.0373. The Morgan fingerprint density at radius 3 is 2.29 bits per heavy atom. The predicted molar refractivity (Wildman–Crippen MR) is 78.8 cm³/mol. The van der Waals surface area contributed by atoms with Gasteiger partial charge in [-0.2, -0.15) is 0 Å². The minimum Gasteiger partial charge on any atom is -0.388 e. The number of non-ortho nitro benzene ring substituents is 1. The largest absolute Gasteiger partial charge is 0.388 e. The van der Waals surface area contributed by atoms with Gasteiger partial charge in [-0.1, -0.05) is 11.8 Å². The third kappa shape index (κ3) is 3.57. The van der Waals surface area contributed by atoms with Crippen LogP contribution in [-0.4, -0.2) is 15.0 Å². The number of nitro groups is 2. The fraction of sp³-hybridized carbons (Fsp3) is 0.167. The summed E-state index contributed by atoms with van der Waals surface area (Å²) >= 11 is 2.28. The molecule has 0 amide bonds. The highest BCUT2D eigenvalue weighted by Crippen LogP contribution is 2.43. The first-order chi connectivity index (χ1) is 9.88. The Morgan fingerprint density at radius 1 is 1.19 bits per heavy atom. The maximum Gasteiger partial charge on any atom is 0.294 e. The molecule has 0 radical (unpaired) electrons. The molecule has 1 aromatic carbocycles. The number of thiophene rings is 1. The molecule has 2 rings (SSSR count). The van der Waals surface area contributed by atoms with Gasteiger partial charge in [0, 0.05) is 28.0 Å². The summed E-state index contributed by atoms with van der Waals surface area (Å²) in [6, 6.07) is 7.11. The topological polar surface area (TPSA) is 107 Å². The van der Waals surface area contributed by atoms with Crippen molar-refractivity contribution in [3.63, 3.8) is 0 Å². The van der Waals surface area contributed by atoms with E-state index in [-0.39, 0.29) is 11.4 Å². The summed E-state index contributed by atoms with van der Waals surface area (Å²) in [5.74, 6) is 0. The highest BCUT2D eigenvalue weighted by atomic mass is 32.2. The van der Waals surface area contributed by atoms with Crippen LogP contribution in [0.1, 0.15) is 17.9 Å². The minimum atomic E-state index is -0.778. The van der Waals surface area contributed by atoms with Gasteiger partial charge in [0.05, 0.1) is 16.0 Å². The Hall–Kier alpha value is -1.97. The van der Waals surface area contributed by atoms with Crippen molar-refractivity contribution >= 4 is 34.5 Å². The predicted octanol–water partition coefficient (Wildman–Crippen LogP) is 3.77. The van der Waals surface area contributed by atoms with Crippen molar-refractivity contribution < 1.29 is 15.0 Å². The van der Waals surface area contributed by atoms with E-state index in [9.17, 15) is 25.3 Å². The quantitative estimate of drug-likeness (QED) is 0.662. The monoisotopic (exact) mass is 326 g/mol. The lowest BCUT2D eigenvalue weighted by molar-refractivity contribution is -0.387. The third-order valence-electron chi connectivity index (χ3n) is 2.57. The van der Waals surface area contributed by atoms with E-state index < -0.39 is 16.0 Å². The normalized spacial score (nSPS) is 12.1. The van der Waals surface area contributed by atoms with Crippen LogP contribution in [0, 0.1) is 20.2 Å². The molecule has 0 fully saturated rings. The van der Waals surface area contributed by atoms with E-state index in [2.05, 4.69) is 0 Å². The number of hydrogen-bond acceptors (Lipinski definition) is 7. The SMILES string of the molecule is C[C@H](O)c1cc([N+](=O)[O-])c(Sc2ccc([N+](=O)[O-])cc2)s1. The smallest absolute Gasteiger partial charge is 0.294 e. The van der Waals surface area contributed by atoms with E-state index in [0.717, 1.165) is 23.1 Å². The van der Waals surface area contributed by atoms with E-state index in [0.29, 0.717) is 14.0 Å². The molecule has 1 heterocycles. The molecule has 21 heavy (non-hydrogen) atoms. The zero-order valence-corrected chi connectivity index (χ0v) is 12.4. The molecule has 0 aliphatic rings. The summed E-state index contributed by atoms with van der Waals surface area (Å²) in [4.78, 5) is 21.7. The number of aliphatic hydroxyl groups excluding tert-OH is 1. The first kappa shape index (κ1) is 15.4. The van der Waals surface area contributed by atoms with Gasteiger partial charge in [0.2, 0.25) is 0 Å². The van der Waals surface area contributed by atoms with Gasteiger partial charge in [0.25, 0.3) is 11.4 Å². The van der Waals surface area contributed by atoms with Gasteiger partial charge in [0.1, 0.15) is 4.21 Å². The number of aliphatic hydroxyl groups is 1. The maximum atomic E-state index is 11.0. The van der Waals surface area contributed by atoms with Gasteiger partial charge in [0.15, 0.2) is 0 Å². The summed E-state index contributed by atoms with van der Waals surface area (Å²) in [7, 11) is 0. The molecule has 0 aliphatic carbocycles. The van der Waals surface area contributed by atoms with Crippen molar-refractivity contribution in [3.05, 3.63) is 55.4 Å². The summed E-state index contributed by atoms with van der Waals surface area (Å²) in [6.07, 6.45) is -0.778. The molecule has 1 aromatic heterocycles. The third-order valence-corrected chi connectivity index (χ3v) is 5.06. The standard InChI is InChI=1S/C12H10N2O5S2/c1-7(15)11-6-10(14(18)19)12(21-11)20-9-4-2-8(3-5-9)13(16)17/h2-7,15H,1H3/t7-/m0/s1. The molecular weight excluding hydrogens is 316 g/mol. The van der Waals surface area contributed by atoms with Crippen LogP contribution < -0.4 is 0 Å². The van der Waals surface area contributed by atoms with Crippen LogP contribution in [0.3, 0.4) is 0 Å². The zero-order chi connectivity index (χ0) is 15.6. The molecule has 0 unspecified atom stereocenters. The number of benzene rings is 1. The summed E-state index contributed by atoms with van der Waals surface area (Å²) < 4.78 is 0.435. The molecule has 110 valence electrons. The highest BCUT2D eigenvalue weighted by Gasteiger charge is 2.22. The van der Waals surface area contributed by atoms with Gasteiger partial charge in [-0.3, -0.25) is 20.2 Å². The van der Waals surface area contributed by atoms with Crippen molar-refractivity contribution in [1.82, 2.24) is 0 Å².